The number of methoxy groups -OCH3 is 2. The van der Waals surface area contributed by atoms with E-state index in [2.05, 4.69) is 99.4 Å². The predicted octanol–water partition coefficient (Wildman–Crippen LogP) is 11.4. The van der Waals surface area contributed by atoms with E-state index in [1.165, 1.54) is 22.0 Å². The molecule has 6 aromatic carbocycles. The second-order valence-electron chi connectivity index (χ2n) is 25.1. The van der Waals surface area contributed by atoms with E-state index in [1.807, 2.05) is 135 Å². The van der Waals surface area contributed by atoms with Crippen molar-refractivity contribution in [1.82, 2.24) is 63.9 Å². The minimum absolute atomic E-state index is 0.00115. The van der Waals surface area contributed by atoms with Crippen molar-refractivity contribution in [2.45, 2.75) is 74.5 Å². The van der Waals surface area contributed by atoms with Crippen LogP contribution in [-0.2, 0) is 43.5 Å². The molecule has 0 aliphatic carbocycles. The fraction of sp³-hybridized carbons (Fsp3) is 0.324. The summed E-state index contributed by atoms with van der Waals surface area (Å²) in [6.45, 7) is -4.03. The number of hydrogen-bond donors (Lipinski definition) is 5. The van der Waals surface area contributed by atoms with Gasteiger partial charge in [-0.3, -0.25) is 58.6 Å². The summed E-state index contributed by atoms with van der Waals surface area (Å²) in [6.07, 6.45) is 2.65. The zero-order valence-electron chi connectivity index (χ0n) is 57.4. The van der Waals surface area contributed by atoms with Crippen LogP contribution in [0.5, 0.6) is 11.5 Å². The van der Waals surface area contributed by atoms with Crippen LogP contribution < -0.4 is 36.5 Å². The fourth-order valence-corrected chi connectivity index (χ4v) is 13.7. The van der Waals surface area contributed by atoms with Crippen molar-refractivity contribution >= 4 is 82.7 Å². The number of ether oxygens (including phenoxy) is 4. The van der Waals surface area contributed by atoms with Crippen LogP contribution in [0, 0.1) is 5.92 Å². The van der Waals surface area contributed by atoms with Crippen molar-refractivity contribution in [2.75, 3.05) is 75.0 Å². The maximum Gasteiger partial charge on any atom is 0.362 e. The van der Waals surface area contributed by atoms with Gasteiger partial charge < -0.3 is 32.9 Å². The second-order valence-corrected chi connectivity index (χ2v) is 31.6. The van der Waals surface area contributed by atoms with Crippen molar-refractivity contribution in [3.8, 4) is 11.5 Å². The fourth-order valence-electron chi connectivity index (χ4n) is 12.3. The Kier molecular flexibility index (Phi) is 23.0. The summed E-state index contributed by atoms with van der Waals surface area (Å²) in [4.78, 5) is 67.6. The Morgan fingerprint density at radius 3 is 1.32 bits per heavy atom. The summed E-state index contributed by atoms with van der Waals surface area (Å²) >= 11 is 12.7. The van der Waals surface area contributed by atoms with E-state index in [4.69, 9.17) is 50.5 Å². The third-order valence-electron chi connectivity index (χ3n) is 17.6. The molecule has 8 atom stereocenters. The molecule has 2 fully saturated rings. The SMILES string of the molecule is COc1ccc(C(NC2CC(n3cnc4c(=O)[nH]c(N=CN(C)C)nc43)OC2COP(=O)(Cl)N(C)C)(c2ccccc2)c2ccccc2)cc1.COc1ccc(C(NC2CC(n3cnc4c(=O)[nH]c(NC(=O)C(C)C)nc43)OC2COP(=O)(Cl)N(C)C)(c2ccccc2)c2ccccc2)cc1. The number of aromatic amines is 2. The third-order valence-corrected chi connectivity index (χ3v) is 22.8. The van der Waals surface area contributed by atoms with E-state index in [9.17, 15) is 23.5 Å². The number of amides is 1. The summed E-state index contributed by atoms with van der Waals surface area (Å²) in [7, 11) is 13.3. The Morgan fingerprint density at radius 2 is 0.960 bits per heavy atom. The number of rotatable bonds is 26. The molecule has 8 unspecified atom stereocenters. The van der Waals surface area contributed by atoms with Gasteiger partial charge in [-0.1, -0.05) is 159 Å². The van der Waals surface area contributed by atoms with E-state index in [-0.39, 0.29) is 53.6 Å². The first kappa shape index (κ1) is 73.5. The predicted molar refractivity (Wildman–Crippen MR) is 390 cm³/mol. The number of nitrogens with zero attached hydrogens (tertiary/aromatic N) is 10. The van der Waals surface area contributed by atoms with E-state index < -0.39 is 72.7 Å². The Balaban J connectivity index is 0.000000203. The van der Waals surface area contributed by atoms with E-state index in [1.54, 1.807) is 76.6 Å². The minimum Gasteiger partial charge on any atom is -0.497 e. The number of imidazole rings is 2. The number of carbonyl (C=O) groups excluding carboxylic acids is 1. The van der Waals surface area contributed by atoms with Gasteiger partial charge in [-0.15, -0.1) is 0 Å². The van der Waals surface area contributed by atoms with Crippen molar-refractivity contribution in [3.05, 3.63) is 237 Å². The van der Waals surface area contributed by atoms with Gasteiger partial charge in [0.2, 0.25) is 17.8 Å². The summed E-state index contributed by atoms with van der Waals surface area (Å²) in [5.41, 5.74) is 3.85. The average molecular weight is 1450 g/mol. The Bertz CT molecular complexity index is 4630. The molecule has 101 heavy (non-hydrogen) atoms. The highest BCUT2D eigenvalue weighted by Crippen LogP contribution is 2.56. The summed E-state index contributed by atoms with van der Waals surface area (Å²) in [5, 5.41) is 10.6. The first-order valence-electron chi connectivity index (χ1n) is 32.5. The number of aromatic nitrogens is 8. The van der Waals surface area contributed by atoms with Crippen LogP contribution in [-0.4, -0.2) is 160 Å². The molecular weight excluding hydrogens is 1370 g/mol. The van der Waals surface area contributed by atoms with Crippen molar-refractivity contribution in [2.24, 2.45) is 10.9 Å². The molecule has 0 bridgehead atoms. The summed E-state index contributed by atoms with van der Waals surface area (Å²) < 4.78 is 68.5. The summed E-state index contributed by atoms with van der Waals surface area (Å²) in [5.74, 6) is 0.939. The molecule has 0 spiro atoms. The average Bonchev–Trinajstić information content (AvgIpc) is 1.68. The summed E-state index contributed by atoms with van der Waals surface area (Å²) in [6, 6.07) is 55.4. The lowest BCUT2D eigenvalue weighted by atomic mass is 9.76. The standard InChI is InChI=1S/C36H41ClN7O6P.C35H40ClN8O5P/c1-23(2)33(45)40-35-39-32-31(34(46)41-35)38-22-44(32)30-20-28(29(50-30)21-49-51(37,47)43(3)4)42-36(24-12-8-6-9-13-24,25-14-10-7-11-15-25)26-16-18-27(48-5)19-17-26;1-42(2)22-38-34-39-32-31(33(45)40-34)37-23-44(32)30-20-28(29(49-30)21-48-50(36,46)43(3)4)41-35(24-12-8-6-9-13-24,25-14-10-7-11-15-25)26-16-18-27(47-5)19-17-26/h6-19,22-23,28-30,42H,20-21H2,1-5H3,(H2,39,40,41,45,46);6-19,22-23,28-30,41H,20-21H2,1-5H3,(H,39,40,45). The molecular formula is C71H81Cl2N15O11P2. The lowest BCUT2D eigenvalue weighted by molar-refractivity contribution is -0.118. The maximum absolute atomic E-state index is 13.2. The highest BCUT2D eigenvalue weighted by Gasteiger charge is 2.48. The molecule has 2 aliphatic heterocycles. The minimum atomic E-state index is -3.67. The van der Waals surface area contributed by atoms with Crippen LogP contribution in [0.4, 0.5) is 11.9 Å². The number of carbonyl (C=O) groups is 1. The molecule has 26 nitrogen and oxygen atoms in total. The van der Waals surface area contributed by atoms with Gasteiger partial charge in [0, 0.05) is 44.9 Å². The number of anilines is 1. The molecule has 10 aromatic rings. The highest BCUT2D eigenvalue weighted by molar-refractivity contribution is 7.83. The zero-order chi connectivity index (χ0) is 71.8. The molecule has 12 rings (SSSR count). The molecule has 6 heterocycles. The quantitative estimate of drug-likeness (QED) is 0.0146. The number of hydrogen-bond acceptors (Lipinski definition) is 18. The topological polar surface area (TPSA) is 292 Å². The maximum atomic E-state index is 13.2. The largest absolute Gasteiger partial charge is 0.497 e. The van der Waals surface area contributed by atoms with Crippen molar-refractivity contribution in [3.63, 3.8) is 0 Å². The molecule has 4 aromatic heterocycles. The highest BCUT2D eigenvalue weighted by atomic mass is 35.7. The zero-order valence-corrected chi connectivity index (χ0v) is 60.7. The Labute approximate surface area is 594 Å². The number of benzene rings is 6. The molecule has 2 saturated heterocycles. The van der Waals surface area contributed by atoms with Crippen LogP contribution in [0.25, 0.3) is 22.3 Å². The van der Waals surface area contributed by atoms with Crippen LogP contribution in [0.2, 0.25) is 0 Å². The van der Waals surface area contributed by atoms with Gasteiger partial charge in [0.15, 0.2) is 22.3 Å². The molecule has 0 saturated carbocycles. The van der Waals surface area contributed by atoms with E-state index >= 15 is 0 Å². The van der Waals surface area contributed by atoms with Gasteiger partial charge in [0.1, 0.15) is 24.0 Å². The first-order valence-corrected chi connectivity index (χ1v) is 37.5. The molecule has 2 aliphatic rings. The molecule has 1 amide bonds. The van der Waals surface area contributed by atoms with Gasteiger partial charge in [-0.05, 0) is 108 Å². The van der Waals surface area contributed by atoms with Gasteiger partial charge in [0.05, 0.1) is 69.7 Å². The first-order chi connectivity index (χ1) is 48.4. The second kappa shape index (κ2) is 31.7. The van der Waals surface area contributed by atoms with Crippen LogP contribution in [0.3, 0.4) is 0 Å². The number of nitrogens with one attached hydrogen (secondary N) is 5. The number of H-pyrrole nitrogens is 2. The molecule has 530 valence electrons. The molecule has 5 N–H and O–H groups in total. The van der Waals surface area contributed by atoms with Gasteiger partial charge in [-0.2, -0.15) is 9.97 Å². The normalized spacial score (nSPS) is 19.2. The van der Waals surface area contributed by atoms with Crippen LogP contribution in [0.15, 0.2) is 197 Å². The lowest BCUT2D eigenvalue weighted by Gasteiger charge is -2.40. The third kappa shape index (κ3) is 16.1. The van der Waals surface area contributed by atoms with Crippen LogP contribution >= 0.6 is 36.2 Å². The number of fused-ring (bicyclic) bond motifs is 2. The monoisotopic (exact) mass is 1450 g/mol. The smallest absolute Gasteiger partial charge is 0.362 e. The Hall–Kier alpha value is -8.72. The van der Waals surface area contributed by atoms with E-state index in [0.29, 0.717) is 24.2 Å². The van der Waals surface area contributed by atoms with Gasteiger partial charge in [-0.25, -0.2) is 24.3 Å². The van der Waals surface area contributed by atoms with Crippen molar-refractivity contribution < 1.29 is 41.9 Å². The Morgan fingerprint density at radius 1 is 0.594 bits per heavy atom. The van der Waals surface area contributed by atoms with Gasteiger partial charge >= 0.3 is 13.7 Å². The van der Waals surface area contributed by atoms with E-state index in [0.717, 1.165) is 39.1 Å². The number of halogens is 2. The molecule has 30 heteroatoms. The lowest BCUT2D eigenvalue weighted by Crippen LogP contribution is -2.53. The van der Waals surface area contributed by atoms with Gasteiger partial charge in [0.25, 0.3) is 11.1 Å². The molecule has 0 radical (unpaired) electrons. The van der Waals surface area contributed by atoms with Crippen molar-refractivity contribution in [1.29, 1.82) is 0 Å². The number of aliphatic imine (C=N–C) groups is 1. The van der Waals surface area contributed by atoms with Crippen LogP contribution in [0.1, 0.15) is 72.5 Å².